The van der Waals surface area contributed by atoms with Crippen LogP contribution in [0.3, 0.4) is 0 Å². The molecular weight excluding hydrogens is 250 g/mol. The van der Waals surface area contributed by atoms with Crippen molar-refractivity contribution in [1.29, 1.82) is 0 Å². The fourth-order valence-corrected chi connectivity index (χ4v) is 2.23. The van der Waals surface area contributed by atoms with E-state index in [0.717, 1.165) is 35.0 Å². The molecule has 1 atom stereocenters. The van der Waals surface area contributed by atoms with E-state index < -0.39 is 0 Å². The first-order valence-electron chi connectivity index (χ1n) is 6.98. The summed E-state index contributed by atoms with van der Waals surface area (Å²) in [7, 11) is 0. The smallest absolute Gasteiger partial charge is 0.227 e. The van der Waals surface area contributed by atoms with Crippen LogP contribution < -0.4 is 11.1 Å². The van der Waals surface area contributed by atoms with Gasteiger partial charge in [0.2, 0.25) is 5.91 Å². The van der Waals surface area contributed by atoms with E-state index in [0.29, 0.717) is 6.54 Å². The number of carbonyl (C=O) groups is 1. The highest BCUT2D eigenvalue weighted by Gasteiger charge is 2.14. The maximum absolute atomic E-state index is 12.2. The molecule has 0 saturated heterocycles. The van der Waals surface area contributed by atoms with Crippen molar-refractivity contribution >= 4 is 22.5 Å². The van der Waals surface area contributed by atoms with Gasteiger partial charge in [-0.3, -0.25) is 9.78 Å². The minimum Gasteiger partial charge on any atom is -0.330 e. The number of hydrogen-bond acceptors (Lipinski definition) is 3. The van der Waals surface area contributed by atoms with Crippen LogP contribution in [0.15, 0.2) is 30.5 Å². The number of nitrogens with two attached hydrogens (primary N) is 1. The third-order valence-electron chi connectivity index (χ3n) is 3.52. The number of benzene rings is 1. The van der Waals surface area contributed by atoms with Gasteiger partial charge in [0.25, 0.3) is 0 Å². The summed E-state index contributed by atoms with van der Waals surface area (Å²) in [5.41, 5.74) is 8.34. The average Bonchev–Trinajstić information content (AvgIpc) is 2.47. The minimum absolute atomic E-state index is 0.0347. The number of anilines is 1. The van der Waals surface area contributed by atoms with Gasteiger partial charge in [-0.05, 0) is 50.1 Å². The largest absolute Gasteiger partial charge is 0.330 e. The molecule has 2 rings (SSSR count). The molecule has 1 amide bonds. The molecule has 0 saturated carbocycles. The van der Waals surface area contributed by atoms with Crippen molar-refractivity contribution in [2.45, 2.75) is 26.7 Å². The third-order valence-corrected chi connectivity index (χ3v) is 3.52. The van der Waals surface area contributed by atoms with Crippen LogP contribution in [0.2, 0.25) is 0 Å². The molecular formula is C16H21N3O. The van der Waals surface area contributed by atoms with Crippen LogP contribution in [0.4, 0.5) is 5.69 Å². The molecule has 1 unspecified atom stereocenters. The van der Waals surface area contributed by atoms with Gasteiger partial charge in [-0.2, -0.15) is 0 Å². The van der Waals surface area contributed by atoms with Crippen molar-refractivity contribution in [2.24, 2.45) is 11.7 Å². The maximum Gasteiger partial charge on any atom is 0.227 e. The molecule has 0 aliphatic carbocycles. The lowest BCUT2D eigenvalue weighted by Crippen LogP contribution is -2.21. The summed E-state index contributed by atoms with van der Waals surface area (Å²) in [6, 6.07) is 7.78. The molecule has 2 aromatic rings. The van der Waals surface area contributed by atoms with Crippen molar-refractivity contribution in [3.63, 3.8) is 0 Å². The monoisotopic (exact) mass is 271 g/mol. The van der Waals surface area contributed by atoms with Crippen LogP contribution in [0.1, 0.15) is 25.3 Å². The molecule has 0 spiro atoms. The Balaban J connectivity index is 2.22. The first kappa shape index (κ1) is 14.5. The second-order valence-corrected chi connectivity index (χ2v) is 5.15. The highest BCUT2D eigenvalue weighted by atomic mass is 16.1. The van der Waals surface area contributed by atoms with Crippen LogP contribution in [-0.4, -0.2) is 17.4 Å². The van der Waals surface area contributed by atoms with Crippen LogP contribution in [-0.2, 0) is 4.79 Å². The standard InChI is InChI=1S/C16H21N3O/c1-11-7-8-14(13-6-4-10-18-15(11)13)19-16(20)12(2)5-3-9-17/h4,6-8,10,12H,3,5,9,17H2,1-2H3,(H,19,20). The Hall–Kier alpha value is -1.94. The van der Waals surface area contributed by atoms with Gasteiger partial charge in [0.05, 0.1) is 11.2 Å². The lowest BCUT2D eigenvalue weighted by molar-refractivity contribution is -0.119. The van der Waals surface area contributed by atoms with Crippen molar-refractivity contribution in [1.82, 2.24) is 4.98 Å². The van der Waals surface area contributed by atoms with Gasteiger partial charge in [0.15, 0.2) is 0 Å². The predicted octanol–water partition coefficient (Wildman–Crippen LogP) is 2.86. The third kappa shape index (κ3) is 3.14. The van der Waals surface area contributed by atoms with Gasteiger partial charge in [-0.1, -0.05) is 13.0 Å². The lowest BCUT2D eigenvalue weighted by Gasteiger charge is -2.14. The van der Waals surface area contributed by atoms with Gasteiger partial charge in [0, 0.05) is 17.5 Å². The normalized spacial score (nSPS) is 12.3. The van der Waals surface area contributed by atoms with Crippen molar-refractivity contribution < 1.29 is 4.79 Å². The number of carbonyl (C=O) groups excluding carboxylic acids is 1. The summed E-state index contributed by atoms with van der Waals surface area (Å²) in [4.78, 5) is 16.5. The van der Waals surface area contributed by atoms with Gasteiger partial charge < -0.3 is 11.1 Å². The Morgan fingerprint density at radius 2 is 2.20 bits per heavy atom. The molecule has 0 aliphatic rings. The van der Waals surface area contributed by atoms with Gasteiger partial charge >= 0.3 is 0 Å². The van der Waals surface area contributed by atoms with Crippen molar-refractivity contribution in [3.8, 4) is 0 Å². The average molecular weight is 271 g/mol. The van der Waals surface area contributed by atoms with E-state index in [2.05, 4.69) is 10.3 Å². The van der Waals surface area contributed by atoms with Crippen molar-refractivity contribution in [2.75, 3.05) is 11.9 Å². The summed E-state index contributed by atoms with van der Waals surface area (Å²) in [5, 5.41) is 3.98. The van der Waals surface area contributed by atoms with E-state index in [1.807, 2.05) is 38.1 Å². The maximum atomic E-state index is 12.2. The second-order valence-electron chi connectivity index (χ2n) is 5.15. The van der Waals surface area contributed by atoms with E-state index in [4.69, 9.17) is 5.73 Å². The number of amides is 1. The molecule has 1 aromatic heterocycles. The number of pyridine rings is 1. The summed E-state index contributed by atoms with van der Waals surface area (Å²) in [6.07, 6.45) is 3.44. The highest BCUT2D eigenvalue weighted by molar-refractivity contribution is 6.02. The first-order valence-corrected chi connectivity index (χ1v) is 6.98. The molecule has 3 N–H and O–H groups in total. The molecule has 0 radical (unpaired) electrons. The van der Waals surface area contributed by atoms with Crippen LogP contribution in [0.25, 0.3) is 10.9 Å². The Kier molecular flexibility index (Phi) is 4.69. The molecule has 20 heavy (non-hydrogen) atoms. The molecule has 0 aliphatic heterocycles. The quantitative estimate of drug-likeness (QED) is 0.878. The number of aromatic nitrogens is 1. The SMILES string of the molecule is Cc1ccc(NC(=O)C(C)CCCN)c2cccnc12. The Morgan fingerprint density at radius 1 is 1.40 bits per heavy atom. The van der Waals surface area contributed by atoms with E-state index in [-0.39, 0.29) is 11.8 Å². The molecule has 4 heteroatoms. The molecule has 0 bridgehead atoms. The van der Waals surface area contributed by atoms with E-state index in [1.54, 1.807) is 6.20 Å². The summed E-state index contributed by atoms with van der Waals surface area (Å²) >= 11 is 0. The van der Waals surface area contributed by atoms with Gasteiger partial charge in [-0.25, -0.2) is 0 Å². The molecule has 106 valence electrons. The zero-order chi connectivity index (χ0) is 14.5. The second kappa shape index (κ2) is 6.48. The highest BCUT2D eigenvalue weighted by Crippen LogP contribution is 2.25. The summed E-state index contributed by atoms with van der Waals surface area (Å²) < 4.78 is 0. The zero-order valence-corrected chi connectivity index (χ0v) is 12.0. The van der Waals surface area contributed by atoms with E-state index in [9.17, 15) is 4.79 Å². The van der Waals surface area contributed by atoms with E-state index in [1.165, 1.54) is 0 Å². The number of nitrogens with zero attached hydrogens (tertiary/aromatic N) is 1. The Morgan fingerprint density at radius 3 is 2.95 bits per heavy atom. The Bertz CT molecular complexity index is 610. The number of hydrogen-bond donors (Lipinski definition) is 2. The number of fused-ring (bicyclic) bond motifs is 1. The van der Waals surface area contributed by atoms with Crippen LogP contribution in [0, 0.1) is 12.8 Å². The van der Waals surface area contributed by atoms with Gasteiger partial charge in [0.1, 0.15) is 0 Å². The number of aryl methyl sites for hydroxylation is 1. The van der Waals surface area contributed by atoms with E-state index >= 15 is 0 Å². The number of rotatable bonds is 5. The van der Waals surface area contributed by atoms with Crippen molar-refractivity contribution in [3.05, 3.63) is 36.0 Å². The summed E-state index contributed by atoms with van der Waals surface area (Å²) in [6.45, 7) is 4.57. The zero-order valence-electron chi connectivity index (χ0n) is 12.0. The predicted molar refractivity (Wildman–Crippen MR) is 82.6 cm³/mol. The molecule has 1 aromatic carbocycles. The number of nitrogens with one attached hydrogen (secondary N) is 1. The topological polar surface area (TPSA) is 68.0 Å². The lowest BCUT2D eigenvalue weighted by atomic mass is 10.0. The Labute approximate surface area is 119 Å². The van der Waals surface area contributed by atoms with Crippen LogP contribution >= 0.6 is 0 Å². The first-order chi connectivity index (χ1) is 9.63. The molecule has 1 heterocycles. The van der Waals surface area contributed by atoms with Crippen LogP contribution in [0.5, 0.6) is 0 Å². The summed E-state index contributed by atoms with van der Waals surface area (Å²) in [5.74, 6) is -0.000898. The fraction of sp³-hybridized carbons (Fsp3) is 0.375. The minimum atomic E-state index is -0.0356. The fourth-order valence-electron chi connectivity index (χ4n) is 2.23. The molecule has 4 nitrogen and oxygen atoms in total. The molecule has 0 fully saturated rings. The van der Waals surface area contributed by atoms with Gasteiger partial charge in [-0.15, -0.1) is 0 Å².